The van der Waals surface area contributed by atoms with Crippen LogP contribution in [-0.2, 0) is 16.1 Å². The summed E-state index contributed by atoms with van der Waals surface area (Å²) in [5.74, 6) is -3.73. The molecular weight excluding hydrogens is 332 g/mol. The molecule has 1 amide bonds. The quantitative estimate of drug-likeness (QED) is 0.616. The number of halogens is 2. The van der Waals surface area contributed by atoms with Crippen molar-refractivity contribution in [3.63, 3.8) is 0 Å². The summed E-state index contributed by atoms with van der Waals surface area (Å²) in [4.78, 5) is 34.9. The zero-order valence-electron chi connectivity index (χ0n) is 13.1. The van der Waals surface area contributed by atoms with E-state index in [-0.39, 0.29) is 30.6 Å². The zero-order valence-corrected chi connectivity index (χ0v) is 13.1. The van der Waals surface area contributed by atoms with Crippen LogP contribution in [0.5, 0.6) is 0 Å². The average molecular weight is 347 g/mol. The van der Waals surface area contributed by atoms with Gasteiger partial charge < -0.3 is 10.5 Å². The van der Waals surface area contributed by atoms with Gasteiger partial charge in [-0.05, 0) is 18.2 Å². The highest BCUT2D eigenvalue weighted by molar-refractivity contribution is 5.97. The molecule has 2 rings (SSSR count). The fourth-order valence-corrected chi connectivity index (χ4v) is 2.18. The Kier molecular flexibility index (Phi) is 5.94. The lowest BCUT2D eigenvalue weighted by atomic mass is 10.1. The molecular formula is C18H15F2NO4. The molecule has 0 spiro atoms. The summed E-state index contributed by atoms with van der Waals surface area (Å²) in [7, 11) is 0. The predicted octanol–water partition coefficient (Wildman–Crippen LogP) is 2.77. The Labute approximate surface area is 142 Å². The van der Waals surface area contributed by atoms with Crippen molar-refractivity contribution in [1.82, 2.24) is 0 Å². The number of hydrogen-bond donors (Lipinski definition) is 1. The number of ether oxygens (including phenoxy) is 1. The number of Topliss-reactive ketones (excluding diaryl/α,β-unsaturated/α-hetero) is 1. The van der Waals surface area contributed by atoms with Crippen LogP contribution >= 0.6 is 0 Å². The van der Waals surface area contributed by atoms with E-state index in [1.54, 1.807) is 18.2 Å². The van der Waals surface area contributed by atoms with Gasteiger partial charge in [-0.2, -0.15) is 0 Å². The molecule has 0 fully saturated rings. The highest BCUT2D eigenvalue weighted by Gasteiger charge is 2.15. The van der Waals surface area contributed by atoms with E-state index in [1.807, 2.05) is 0 Å². The third-order valence-electron chi connectivity index (χ3n) is 3.46. The summed E-state index contributed by atoms with van der Waals surface area (Å²) in [6.07, 6.45) is -0.548. The van der Waals surface area contributed by atoms with Crippen LogP contribution in [0.3, 0.4) is 0 Å². The van der Waals surface area contributed by atoms with E-state index in [0.29, 0.717) is 11.6 Å². The zero-order chi connectivity index (χ0) is 18.4. The molecule has 25 heavy (non-hydrogen) atoms. The maximum Gasteiger partial charge on any atom is 0.306 e. The van der Waals surface area contributed by atoms with Crippen LogP contribution in [0.2, 0.25) is 0 Å². The van der Waals surface area contributed by atoms with Crippen molar-refractivity contribution in [2.24, 2.45) is 5.73 Å². The highest BCUT2D eigenvalue weighted by Crippen LogP contribution is 2.14. The number of hydrogen-bond acceptors (Lipinski definition) is 4. The summed E-state index contributed by atoms with van der Waals surface area (Å²) in [6, 6.07) is 8.99. The van der Waals surface area contributed by atoms with Crippen molar-refractivity contribution < 1.29 is 27.9 Å². The van der Waals surface area contributed by atoms with E-state index in [4.69, 9.17) is 10.5 Å². The van der Waals surface area contributed by atoms with Gasteiger partial charge in [-0.1, -0.05) is 18.2 Å². The van der Waals surface area contributed by atoms with Gasteiger partial charge in [0, 0.05) is 23.6 Å². The third kappa shape index (κ3) is 4.94. The first kappa shape index (κ1) is 18.3. The number of amides is 1. The average Bonchev–Trinajstić information content (AvgIpc) is 2.58. The summed E-state index contributed by atoms with van der Waals surface area (Å²) >= 11 is 0. The molecule has 0 aliphatic rings. The SMILES string of the molecule is NC(=O)c1ccccc1COC(=O)CCC(=O)c1ccc(F)cc1F. The first-order chi connectivity index (χ1) is 11.9. The molecule has 0 aromatic heterocycles. The Morgan fingerprint density at radius 3 is 2.36 bits per heavy atom. The lowest BCUT2D eigenvalue weighted by Crippen LogP contribution is -2.15. The Balaban J connectivity index is 1.89. The van der Waals surface area contributed by atoms with E-state index in [2.05, 4.69) is 0 Å². The van der Waals surface area contributed by atoms with Crippen molar-refractivity contribution in [2.45, 2.75) is 19.4 Å². The fraction of sp³-hybridized carbons (Fsp3) is 0.167. The molecule has 0 bridgehead atoms. The number of nitrogens with two attached hydrogens (primary N) is 1. The highest BCUT2D eigenvalue weighted by atomic mass is 19.1. The largest absolute Gasteiger partial charge is 0.461 e. The summed E-state index contributed by atoms with van der Waals surface area (Å²) in [6.45, 7) is -0.170. The number of rotatable bonds is 7. The van der Waals surface area contributed by atoms with Crippen molar-refractivity contribution in [3.8, 4) is 0 Å². The second kappa shape index (κ2) is 8.14. The number of primary amides is 1. The van der Waals surface area contributed by atoms with Gasteiger partial charge in [0.15, 0.2) is 5.78 Å². The van der Waals surface area contributed by atoms with Gasteiger partial charge in [0.1, 0.15) is 18.2 Å². The van der Waals surface area contributed by atoms with E-state index in [0.717, 1.165) is 12.1 Å². The van der Waals surface area contributed by atoms with Gasteiger partial charge >= 0.3 is 5.97 Å². The molecule has 0 radical (unpaired) electrons. The molecule has 2 N–H and O–H groups in total. The number of ketones is 1. The van der Waals surface area contributed by atoms with Gasteiger partial charge in [-0.3, -0.25) is 14.4 Å². The number of esters is 1. The van der Waals surface area contributed by atoms with E-state index >= 15 is 0 Å². The third-order valence-corrected chi connectivity index (χ3v) is 3.46. The molecule has 7 heteroatoms. The molecule has 0 aliphatic carbocycles. The molecule has 0 aliphatic heterocycles. The second-order valence-electron chi connectivity index (χ2n) is 5.23. The minimum Gasteiger partial charge on any atom is -0.461 e. The van der Waals surface area contributed by atoms with Gasteiger partial charge in [0.2, 0.25) is 5.91 Å². The molecule has 130 valence electrons. The Hall–Kier alpha value is -3.09. The lowest BCUT2D eigenvalue weighted by Gasteiger charge is -2.08. The standard InChI is InChI=1S/C18H15F2NO4/c19-12-5-6-14(15(20)9-12)16(22)7-8-17(23)25-10-11-3-1-2-4-13(11)18(21)24/h1-6,9H,7-8,10H2,(H2,21,24). The topological polar surface area (TPSA) is 86.5 Å². The molecule has 0 saturated carbocycles. The summed E-state index contributed by atoms with van der Waals surface area (Å²) in [5, 5.41) is 0. The molecule has 0 saturated heterocycles. The van der Waals surface area contributed by atoms with Crippen LogP contribution in [0, 0.1) is 11.6 Å². The van der Waals surface area contributed by atoms with Crippen LogP contribution in [-0.4, -0.2) is 17.7 Å². The van der Waals surface area contributed by atoms with Crippen molar-refractivity contribution in [2.75, 3.05) is 0 Å². The Morgan fingerprint density at radius 1 is 0.960 bits per heavy atom. The molecule has 2 aromatic rings. The molecule has 0 atom stereocenters. The van der Waals surface area contributed by atoms with Crippen LogP contribution in [0.25, 0.3) is 0 Å². The van der Waals surface area contributed by atoms with Crippen LogP contribution < -0.4 is 5.73 Å². The molecule has 2 aromatic carbocycles. The van der Waals surface area contributed by atoms with E-state index in [9.17, 15) is 23.2 Å². The summed E-state index contributed by atoms with van der Waals surface area (Å²) < 4.78 is 31.3. The molecule has 0 heterocycles. The van der Waals surface area contributed by atoms with Crippen LogP contribution in [0.1, 0.15) is 39.1 Å². The number of carbonyl (C=O) groups excluding carboxylic acids is 3. The Bertz CT molecular complexity index is 820. The maximum absolute atomic E-state index is 13.5. The van der Waals surface area contributed by atoms with Crippen LogP contribution in [0.4, 0.5) is 8.78 Å². The van der Waals surface area contributed by atoms with Gasteiger partial charge in [-0.15, -0.1) is 0 Å². The minimum atomic E-state index is -0.978. The number of benzene rings is 2. The number of carbonyl (C=O) groups is 3. The lowest BCUT2D eigenvalue weighted by molar-refractivity contribution is -0.144. The first-order valence-electron chi connectivity index (χ1n) is 7.40. The monoisotopic (exact) mass is 347 g/mol. The van der Waals surface area contributed by atoms with Crippen molar-refractivity contribution in [3.05, 3.63) is 70.8 Å². The van der Waals surface area contributed by atoms with Gasteiger partial charge in [-0.25, -0.2) is 8.78 Å². The summed E-state index contributed by atoms with van der Waals surface area (Å²) in [5.41, 5.74) is 5.62. The fourth-order valence-electron chi connectivity index (χ4n) is 2.18. The van der Waals surface area contributed by atoms with E-state index in [1.165, 1.54) is 6.07 Å². The van der Waals surface area contributed by atoms with Crippen molar-refractivity contribution >= 4 is 17.7 Å². The second-order valence-corrected chi connectivity index (χ2v) is 5.23. The van der Waals surface area contributed by atoms with Crippen molar-refractivity contribution in [1.29, 1.82) is 0 Å². The minimum absolute atomic E-state index is 0.170. The Morgan fingerprint density at radius 2 is 1.68 bits per heavy atom. The first-order valence-corrected chi connectivity index (χ1v) is 7.40. The predicted molar refractivity (Wildman–Crippen MR) is 84.7 cm³/mol. The maximum atomic E-state index is 13.5. The van der Waals surface area contributed by atoms with Crippen LogP contribution in [0.15, 0.2) is 42.5 Å². The van der Waals surface area contributed by atoms with Gasteiger partial charge in [0.25, 0.3) is 0 Å². The van der Waals surface area contributed by atoms with E-state index < -0.39 is 29.3 Å². The smallest absolute Gasteiger partial charge is 0.306 e. The molecule has 0 unspecified atom stereocenters. The normalized spacial score (nSPS) is 10.3. The van der Waals surface area contributed by atoms with Gasteiger partial charge in [0.05, 0.1) is 12.0 Å². The molecule has 5 nitrogen and oxygen atoms in total.